The summed E-state index contributed by atoms with van der Waals surface area (Å²) in [7, 11) is 1.63. The smallest absolute Gasteiger partial charge is 0.311 e. The summed E-state index contributed by atoms with van der Waals surface area (Å²) in [6.45, 7) is 4.72. The molecule has 8 heteroatoms. The third-order valence-corrected chi connectivity index (χ3v) is 7.49. The lowest BCUT2D eigenvalue weighted by Crippen LogP contribution is -2.43. The zero-order valence-corrected chi connectivity index (χ0v) is 21.0. The van der Waals surface area contributed by atoms with E-state index >= 15 is 0 Å². The lowest BCUT2D eigenvalue weighted by Gasteiger charge is -2.32. The van der Waals surface area contributed by atoms with Crippen molar-refractivity contribution in [1.82, 2.24) is 9.80 Å². The number of methoxy groups -OCH3 is 1. The number of rotatable bonds is 7. The molecule has 5 rings (SSSR count). The number of likely N-dealkylation sites (tertiary alicyclic amines) is 2. The summed E-state index contributed by atoms with van der Waals surface area (Å²) in [6.07, 6.45) is 3.25. The molecule has 0 radical (unpaired) electrons. The second-order valence-electron chi connectivity index (χ2n) is 9.59. The minimum Gasteiger partial charge on any atom is -0.497 e. The highest BCUT2D eigenvalue weighted by Crippen LogP contribution is 2.48. The predicted octanol–water partition coefficient (Wildman–Crippen LogP) is 3.76. The van der Waals surface area contributed by atoms with E-state index in [9.17, 15) is 9.59 Å². The van der Waals surface area contributed by atoms with Crippen LogP contribution in [0.2, 0.25) is 0 Å². The fourth-order valence-electron chi connectivity index (χ4n) is 5.71. The normalized spacial score (nSPS) is 23.5. The number of hydrogen-bond donors (Lipinski definition) is 0. The molecule has 36 heavy (non-hydrogen) atoms. The van der Waals surface area contributed by atoms with Crippen LogP contribution < -0.4 is 14.2 Å². The van der Waals surface area contributed by atoms with Crippen molar-refractivity contribution in [3.63, 3.8) is 0 Å². The summed E-state index contributed by atoms with van der Waals surface area (Å²) in [5.74, 6) is 1.34. The Bertz CT molecular complexity index is 1080. The van der Waals surface area contributed by atoms with Crippen LogP contribution in [0.15, 0.2) is 42.5 Å². The van der Waals surface area contributed by atoms with Crippen LogP contribution in [-0.2, 0) is 14.3 Å². The molecule has 0 saturated carbocycles. The van der Waals surface area contributed by atoms with Crippen LogP contribution in [0.1, 0.15) is 49.3 Å². The fourth-order valence-corrected chi connectivity index (χ4v) is 5.71. The van der Waals surface area contributed by atoms with Crippen molar-refractivity contribution < 1.29 is 28.5 Å². The van der Waals surface area contributed by atoms with E-state index in [0.29, 0.717) is 24.7 Å². The van der Waals surface area contributed by atoms with E-state index in [1.807, 2.05) is 54.3 Å². The summed E-state index contributed by atoms with van der Waals surface area (Å²) >= 11 is 0. The molecule has 0 aromatic heterocycles. The third-order valence-electron chi connectivity index (χ3n) is 7.49. The van der Waals surface area contributed by atoms with Crippen molar-refractivity contribution in [3.05, 3.63) is 53.6 Å². The number of hydrogen-bond acceptors (Lipinski definition) is 7. The first-order valence-corrected chi connectivity index (χ1v) is 12.8. The molecule has 3 aliphatic heterocycles. The Morgan fingerprint density at radius 1 is 0.972 bits per heavy atom. The Kier molecular flexibility index (Phi) is 7.32. The summed E-state index contributed by atoms with van der Waals surface area (Å²) in [4.78, 5) is 30.9. The molecule has 0 unspecified atom stereocenters. The second kappa shape index (κ2) is 10.8. The zero-order chi connectivity index (χ0) is 25.1. The van der Waals surface area contributed by atoms with Crippen molar-refractivity contribution in [2.45, 2.75) is 38.1 Å². The number of fused-ring (bicyclic) bond motifs is 1. The van der Waals surface area contributed by atoms with Crippen LogP contribution in [-0.4, -0.2) is 68.4 Å². The molecule has 3 heterocycles. The monoisotopic (exact) mass is 494 g/mol. The average Bonchev–Trinajstić information content (AvgIpc) is 3.53. The molecule has 2 saturated heterocycles. The molecule has 3 aliphatic rings. The van der Waals surface area contributed by atoms with Gasteiger partial charge in [-0.25, -0.2) is 0 Å². The van der Waals surface area contributed by atoms with E-state index in [0.717, 1.165) is 42.8 Å². The Balaban J connectivity index is 1.51. The van der Waals surface area contributed by atoms with Crippen LogP contribution in [0.3, 0.4) is 0 Å². The first-order chi connectivity index (χ1) is 17.6. The van der Waals surface area contributed by atoms with Gasteiger partial charge in [-0.15, -0.1) is 0 Å². The maximum Gasteiger partial charge on any atom is 0.311 e. The fraction of sp³-hybridized carbons (Fsp3) is 0.500. The molecule has 1 amide bonds. The van der Waals surface area contributed by atoms with Gasteiger partial charge in [-0.05, 0) is 61.6 Å². The van der Waals surface area contributed by atoms with Gasteiger partial charge < -0.3 is 23.8 Å². The molecule has 0 N–H and O–H groups in total. The largest absolute Gasteiger partial charge is 0.497 e. The van der Waals surface area contributed by atoms with Crippen LogP contribution in [0.5, 0.6) is 17.2 Å². The standard InChI is InChI=1S/C28H34N2O6/c1-3-34-28(32)26-22(20-9-12-23-24(15-20)36-18-35-23)16-30(17-25(31)29-13-5-4-6-14-29)27(26)19-7-10-21(33-2)11-8-19/h7-12,15,22,26-27H,3-6,13-14,16-18H2,1-2H3/t22-,26-,27+/m1/s1. The Morgan fingerprint density at radius 3 is 2.42 bits per heavy atom. The van der Waals surface area contributed by atoms with Crippen LogP contribution >= 0.6 is 0 Å². The third kappa shape index (κ3) is 4.87. The van der Waals surface area contributed by atoms with Crippen molar-refractivity contribution >= 4 is 11.9 Å². The number of ether oxygens (including phenoxy) is 4. The number of nitrogens with zero attached hydrogens (tertiary/aromatic N) is 2. The Morgan fingerprint density at radius 2 is 1.69 bits per heavy atom. The summed E-state index contributed by atoms with van der Waals surface area (Å²) in [5.41, 5.74) is 1.94. The quantitative estimate of drug-likeness (QED) is 0.543. The highest BCUT2D eigenvalue weighted by Gasteiger charge is 2.49. The van der Waals surface area contributed by atoms with Gasteiger partial charge >= 0.3 is 5.97 Å². The number of esters is 1. The van der Waals surface area contributed by atoms with Gasteiger partial charge in [-0.2, -0.15) is 0 Å². The first kappa shape index (κ1) is 24.4. The SMILES string of the molecule is CCOC(=O)[C@@H]1[C@@H](c2ccc3c(c2)OCO3)CN(CC(=O)N2CCCCC2)[C@H]1c1ccc(OC)cc1. The molecule has 8 nitrogen and oxygen atoms in total. The average molecular weight is 495 g/mol. The first-order valence-electron chi connectivity index (χ1n) is 12.8. The second-order valence-corrected chi connectivity index (χ2v) is 9.59. The van der Waals surface area contributed by atoms with Crippen LogP contribution in [0.4, 0.5) is 0 Å². The molecule has 2 aromatic carbocycles. The molecular weight excluding hydrogens is 460 g/mol. The molecule has 0 spiro atoms. The summed E-state index contributed by atoms with van der Waals surface area (Å²) < 4.78 is 22.1. The van der Waals surface area contributed by atoms with E-state index in [-0.39, 0.29) is 37.2 Å². The van der Waals surface area contributed by atoms with E-state index in [4.69, 9.17) is 18.9 Å². The van der Waals surface area contributed by atoms with E-state index in [1.165, 1.54) is 6.42 Å². The molecular formula is C28H34N2O6. The van der Waals surface area contributed by atoms with Gasteiger partial charge in [0.1, 0.15) is 5.75 Å². The summed E-state index contributed by atoms with van der Waals surface area (Å²) in [5, 5.41) is 0. The zero-order valence-electron chi connectivity index (χ0n) is 21.0. The van der Waals surface area contributed by atoms with Crippen molar-refractivity contribution in [2.75, 3.05) is 46.7 Å². The number of amides is 1. The molecule has 2 fully saturated rings. The highest BCUT2D eigenvalue weighted by atomic mass is 16.7. The van der Waals surface area contributed by atoms with Gasteiger partial charge in [-0.3, -0.25) is 14.5 Å². The molecule has 3 atom stereocenters. The minimum atomic E-state index is -0.479. The lowest BCUT2D eigenvalue weighted by atomic mass is 9.82. The topological polar surface area (TPSA) is 77.5 Å². The molecule has 192 valence electrons. The predicted molar refractivity (Wildman–Crippen MR) is 133 cm³/mol. The van der Waals surface area contributed by atoms with Gasteiger partial charge in [0.2, 0.25) is 12.7 Å². The summed E-state index contributed by atoms with van der Waals surface area (Å²) in [6, 6.07) is 13.3. The maximum atomic E-state index is 13.5. The van der Waals surface area contributed by atoms with Crippen molar-refractivity contribution in [3.8, 4) is 17.2 Å². The van der Waals surface area contributed by atoms with Crippen molar-refractivity contribution in [2.24, 2.45) is 5.92 Å². The van der Waals surface area contributed by atoms with Crippen LogP contribution in [0, 0.1) is 5.92 Å². The van der Waals surface area contributed by atoms with Gasteiger partial charge in [-0.1, -0.05) is 18.2 Å². The van der Waals surface area contributed by atoms with Gasteiger partial charge in [0.25, 0.3) is 0 Å². The number of carbonyl (C=O) groups is 2. The van der Waals surface area contributed by atoms with Gasteiger partial charge in [0, 0.05) is 31.6 Å². The number of benzene rings is 2. The molecule has 0 bridgehead atoms. The van der Waals surface area contributed by atoms with Crippen molar-refractivity contribution in [1.29, 1.82) is 0 Å². The highest BCUT2D eigenvalue weighted by molar-refractivity contribution is 5.80. The Labute approximate surface area is 212 Å². The lowest BCUT2D eigenvalue weighted by molar-refractivity contribution is -0.150. The van der Waals surface area contributed by atoms with E-state index < -0.39 is 5.92 Å². The minimum absolute atomic E-state index is 0.113. The van der Waals surface area contributed by atoms with Gasteiger partial charge in [0.05, 0.1) is 26.2 Å². The Hall–Kier alpha value is -3.26. The number of carbonyl (C=O) groups excluding carboxylic acids is 2. The molecule has 2 aromatic rings. The van der Waals surface area contributed by atoms with Crippen LogP contribution in [0.25, 0.3) is 0 Å². The molecule has 0 aliphatic carbocycles. The van der Waals surface area contributed by atoms with E-state index in [2.05, 4.69) is 4.90 Å². The van der Waals surface area contributed by atoms with E-state index in [1.54, 1.807) is 7.11 Å². The maximum absolute atomic E-state index is 13.5. The number of piperidine rings is 1. The van der Waals surface area contributed by atoms with Gasteiger partial charge in [0.15, 0.2) is 11.5 Å².